The molecule has 1 aromatic heterocycles. The molecule has 118 valence electrons. The number of hydrogen-bond donors (Lipinski definition) is 1. The molecule has 0 fully saturated rings. The number of aliphatic hydroxyl groups is 1. The average Bonchev–Trinajstić information content (AvgIpc) is 2.51. The van der Waals surface area contributed by atoms with Crippen LogP contribution in [-0.2, 0) is 12.2 Å². The van der Waals surface area contributed by atoms with Crippen LogP contribution in [0.3, 0.4) is 0 Å². The molecular formula is C19H18ClNO2. The summed E-state index contributed by atoms with van der Waals surface area (Å²) in [6, 6.07) is 15.3. The number of halogens is 1. The van der Waals surface area contributed by atoms with Crippen LogP contribution >= 0.6 is 11.6 Å². The van der Waals surface area contributed by atoms with Crippen LogP contribution in [0, 0.1) is 0 Å². The summed E-state index contributed by atoms with van der Waals surface area (Å²) in [5, 5.41) is 11.7. The van der Waals surface area contributed by atoms with Crippen LogP contribution in [0.1, 0.15) is 25.0 Å². The highest BCUT2D eigenvalue weighted by Crippen LogP contribution is 2.25. The first-order chi connectivity index (χ1) is 10.9. The SMILES string of the molecule is CC(C)(O)c1cnc2cc(OCc3cccc(Cl)c3)ccc2c1. The Kier molecular flexibility index (Phi) is 4.24. The molecule has 3 rings (SSSR count). The van der Waals surface area contributed by atoms with E-state index >= 15 is 0 Å². The molecule has 0 unspecified atom stereocenters. The maximum absolute atomic E-state index is 10.1. The van der Waals surface area contributed by atoms with Crippen molar-refractivity contribution in [2.45, 2.75) is 26.1 Å². The minimum absolute atomic E-state index is 0.452. The maximum atomic E-state index is 10.1. The van der Waals surface area contributed by atoms with Crippen LogP contribution in [-0.4, -0.2) is 10.1 Å². The molecule has 2 aromatic carbocycles. The molecule has 23 heavy (non-hydrogen) atoms. The molecule has 0 aliphatic carbocycles. The third-order valence-electron chi connectivity index (χ3n) is 3.66. The Morgan fingerprint density at radius 2 is 1.96 bits per heavy atom. The molecule has 3 nitrogen and oxygen atoms in total. The first kappa shape index (κ1) is 15.8. The molecule has 0 aliphatic heterocycles. The Morgan fingerprint density at radius 1 is 1.13 bits per heavy atom. The van der Waals surface area contributed by atoms with E-state index in [-0.39, 0.29) is 0 Å². The summed E-state index contributed by atoms with van der Waals surface area (Å²) in [7, 11) is 0. The number of rotatable bonds is 4. The van der Waals surface area contributed by atoms with Gasteiger partial charge < -0.3 is 9.84 Å². The third-order valence-corrected chi connectivity index (χ3v) is 3.89. The lowest BCUT2D eigenvalue weighted by Crippen LogP contribution is -2.15. The first-order valence-electron chi connectivity index (χ1n) is 7.42. The summed E-state index contributed by atoms with van der Waals surface area (Å²) in [6.07, 6.45) is 1.70. The maximum Gasteiger partial charge on any atom is 0.122 e. The molecule has 1 heterocycles. The minimum Gasteiger partial charge on any atom is -0.489 e. The largest absolute Gasteiger partial charge is 0.489 e. The van der Waals surface area contributed by atoms with Gasteiger partial charge in [0.05, 0.1) is 11.1 Å². The predicted molar refractivity (Wildman–Crippen MR) is 92.8 cm³/mol. The van der Waals surface area contributed by atoms with Crippen LogP contribution in [0.4, 0.5) is 0 Å². The van der Waals surface area contributed by atoms with Gasteiger partial charge in [-0.25, -0.2) is 0 Å². The highest BCUT2D eigenvalue weighted by atomic mass is 35.5. The zero-order chi connectivity index (χ0) is 16.4. The van der Waals surface area contributed by atoms with E-state index in [4.69, 9.17) is 16.3 Å². The first-order valence-corrected chi connectivity index (χ1v) is 7.79. The lowest BCUT2D eigenvalue weighted by atomic mass is 9.99. The van der Waals surface area contributed by atoms with Crippen molar-refractivity contribution in [3.05, 3.63) is 70.9 Å². The standard InChI is InChI=1S/C19H18ClNO2/c1-19(2,22)15-9-14-6-7-17(10-18(14)21-11-15)23-12-13-4-3-5-16(20)8-13/h3-11,22H,12H2,1-2H3. The second-order valence-electron chi connectivity index (χ2n) is 6.06. The molecular weight excluding hydrogens is 310 g/mol. The van der Waals surface area contributed by atoms with Gasteiger partial charge in [0.2, 0.25) is 0 Å². The number of aromatic nitrogens is 1. The molecule has 0 atom stereocenters. The zero-order valence-electron chi connectivity index (χ0n) is 13.1. The fraction of sp³-hybridized carbons (Fsp3) is 0.211. The molecule has 4 heteroatoms. The Morgan fingerprint density at radius 3 is 2.70 bits per heavy atom. The summed E-state index contributed by atoms with van der Waals surface area (Å²) >= 11 is 5.97. The normalized spacial score (nSPS) is 11.7. The van der Waals surface area contributed by atoms with Crippen molar-refractivity contribution in [3.63, 3.8) is 0 Å². The topological polar surface area (TPSA) is 42.4 Å². The fourth-order valence-electron chi connectivity index (χ4n) is 2.32. The van der Waals surface area contributed by atoms with Gasteiger partial charge >= 0.3 is 0 Å². The van der Waals surface area contributed by atoms with Crippen molar-refractivity contribution >= 4 is 22.5 Å². The van der Waals surface area contributed by atoms with Crippen molar-refractivity contribution in [1.29, 1.82) is 0 Å². The highest BCUT2D eigenvalue weighted by Gasteiger charge is 2.16. The van der Waals surface area contributed by atoms with E-state index in [1.807, 2.05) is 48.5 Å². The Bertz CT molecular complexity index is 840. The third kappa shape index (κ3) is 3.81. The lowest BCUT2D eigenvalue weighted by molar-refractivity contribution is 0.0784. The average molecular weight is 328 g/mol. The zero-order valence-corrected chi connectivity index (χ0v) is 13.8. The Hall–Kier alpha value is -2.10. The van der Waals surface area contributed by atoms with E-state index in [2.05, 4.69) is 4.98 Å². The van der Waals surface area contributed by atoms with Gasteiger partial charge in [0.25, 0.3) is 0 Å². The van der Waals surface area contributed by atoms with E-state index in [0.717, 1.165) is 27.8 Å². The van der Waals surface area contributed by atoms with E-state index in [0.29, 0.717) is 11.6 Å². The van der Waals surface area contributed by atoms with Crippen molar-refractivity contribution in [1.82, 2.24) is 4.98 Å². The Balaban J connectivity index is 1.80. The van der Waals surface area contributed by atoms with Crippen molar-refractivity contribution in [2.75, 3.05) is 0 Å². The molecule has 0 aliphatic rings. The summed E-state index contributed by atoms with van der Waals surface area (Å²) < 4.78 is 5.80. The van der Waals surface area contributed by atoms with Crippen LogP contribution in [0.2, 0.25) is 5.02 Å². The van der Waals surface area contributed by atoms with Gasteiger partial charge in [0.1, 0.15) is 12.4 Å². The molecule has 1 N–H and O–H groups in total. The van der Waals surface area contributed by atoms with Gasteiger partial charge in [-0.15, -0.1) is 0 Å². The van der Waals surface area contributed by atoms with Crippen molar-refractivity contribution in [3.8, 4) is 5.75 Å². The molecule has 0 bridgehead atoms. The van der Waals surface area contributed by atoms with Gasteiger partial charge in [0, 0.05) is 28.2 Å². The van der Waals surface area contributed by atoms with Gasteiger partial charge in [-0.05, 0) is 49.7 Å². The number of ether oxygens (including phenoxy) is 1. The van der Waals surface area contributed by atoms with E-state index in [9.17, 15) is 5.11 Å². The van der Waals surface area contributed by atoms with Crippen LogP contribution < -0.4 is 4.74 Å². The highest BCUT2D eigenvalue weighted by molar-refractivity contribution is 6.30. The minimum atomic E-state index is -0.900. The monoisotopic (exact) mass is 327 g/mol. The van der Waals surface area contributed by atoms with Crippen LogP contribution in [0.15, 0.2) is 54.7 Å². The summed E-state index contributed by atoms with van der Waals surface area (Å²) in [5.41, 5.74) is 1.74. The quantitative estimate of drug-likeness (QED) is 0.755. The number of benzene rings is 2. The van der Waals surface area contributed by atoms with Crippen LogP contribution in [0.5, 0.6) is 5.75 Å². The lowest BCUT2D eigenvalue weighted by Gasteiger charge is -2.17. The molecule has 0 radical (unpaired) electrons. The van der Waals surface area contributed by atoms with Gasteiger partial charge in [-0.3, -0.25) is 4.98 Å². The Labute approximate surface area is 140 Å². The molecule has 0 spiro atoms. The van der Waals surface area contributed by atoms with Crippen molar-refractivity contribution < 1.29 is 9.84 Å². The van der Waals surface area contributed by atoms with Crippen molar-refractivity contribution in [2.24, 2.45) is 0 Å². The number of pyridine rings is 1. The van der Waals surface area contributed by atoms with E-state index in [1.165, 1.54) is 0 Å². The van der Waals surface area contributed by atoms with Crippen LogP contribution in [0.25, 0.3) is 10.9 Å². The molecule has 3 aromatic rings. The summed E-state index contributed by atoms with van der Waals surface area (Å²) in [6.45, 7) is 3.95. The predicted octanol–water partition coefficient (Wildman–Crippen LogP) is 4.69. The number of hydrogen-bond acceptors (Lipinski definition) is 3. The molecule has 0 saturated carbocycles. The number of fused-ring (bicyclic) bond motifs is 1. The number of nitrogens with zero attached hydrogens (tertiary/aromatic N) is 1. The molecule has 0 amide bonds. The van der Waals surface area contributed by atoms with E-state index in [1.54, 1.807) is 20.0 Å². The van der Waals surface area contributed by atoms with Gasteiger partial charge in [0.15, 0.2) is 0 Å². The fourth-order valence-corrected chi connectivity index (χ4v) is 2.53. The summed E-state index contributed by atoms with van der Waals surface area (Å²) in [4.78, 5) is 4.42. The smallest absolute Gasteiger partial charge is 0.122 e. The van der Waals surface area contributed by atoms with Gasteiger partial charge in [-0.1, -0.05) is 23.7 Å². The summed E-state index contributed by atoms with van der Waals surface area (Å²) in [5.74, 6) is 0.751. The molecule has 0 saturated heterocycles. The second-order valence-corrected chi connectivity index (χ2v) is 6.49. The second kappa shape index (κ2) is 6.19. The van der Waals surface area contributed by atoms with E-state index < -0.39 is 5.60 Å². The van der Waals surface area contributed by atoms with Gasteiger partial charge in [-0.2, -0.15) is 0 Å².